The maximum atomic E-state index is 14.0. The summed E-state index contributed by atoms with van der Waals surface area (Å²) in [6.45, 7) is 14.2. The number of rotatable bonds is 3. The minimum atomic E-state index is -2.09. The summed E-state index contributed by atoms with van der Waals surface area (Å²) < 4.78 is 23.1. The molecule has 0 unspecified atom stereocenters. The summed E-state index contributed by atoms with van der Waals surface area (Å²) in [6.07, 6.45) is 2.71. The first-order valence-electron chi connectivity index (χ1n) is 16.5. The van der Waals surface area contributed by atoms with E-state index < -0.39 is 105 Å². The Morgan fingerprint density at radius 1 is 1.02 bits per heavy atom. The molecule has 280 valence electrons. The molecule has 6 N–H and O–H groups in total. The number of anilines is 1. The normalized spacial score (nSPS) is 28.7. The van der Waals surface area contributed by atoms with Crippen molar-refractivity contribution in [2.75, 3.05) is 12.4 Å². The van der Waals surface area contributed by atoms with Crippen molar-refractivity contribution in [2.24, 2.45) is 17.8 Å². The van der Waals surface area contributed by atoms with E-state index in [9.17, 15) is 44.7 Å². The Morgan fingerprint density at radius 2 is 1.67 bits per heavy atom. The Kier molecular flexibility index (Phi) is 11.6. The van der Waals surface area contributed by atoms with E-state index in [0.29, 0.717) is 0 Å². The average molecular weight is 724 g/mol. The van der Waals surface area contributed by atoms with Crippen LogP contribution in [0.15, 0.2) is 48.3 Å². The first-order valence-corrected chi connectivity index (χ1v) is 16.5. The largest absolute Gasteiger partial charge is 0.507 e. The number of fused-ring (bicyclic) bond motifs is 14. The van der Waals surface area contributed by atoms with Gasteiger partial charge in [-0.1, -0.05) is 45.6 Å². The summed E-state index contributed by atoms with van der Waals surface area (Å²) in [7, 11) is 1.40. The molecule has 3 heterocycles. The number of nitrogens with one attached hydrogen (secondary N) is 1. The number of phenols is 3. The van der Waals surface area contributed by atoms with Crippen LogP contribution in [0.5, 0.6) is 23.0 Å². The van der Waals surface area contributed by atoms with Crippen LogP contribution in [0.4, 0.5) is 5.69 Å². The van der Waals surface area contributed by atoms with Gasteiger partial charge in [-0.05, 0) is 25.5 Å². The number of allylic oxidation sites excluding steroid dienone is 2. The van der Waals surface area contributed by atoms with Gasteiger partial charge in [0.05, 0.1) is 46.8 Å². The predicted octanol–water partition coefficient (Wildman–Crippen LogP) is 4.49. The maximum Gasteiger partial charge on any atom is 0.312 e. The van der Waals surface area contributed by atoms with Crippen LogP contribution in [0.25, 0.3) is 10.8 Å². The van der Waals surface area contributed by atoms with Crippen LogP contribution in [0, 0.1) is 24.7 Å². The molecule has 5 bridgehead atoms. The van der Waals surface area contributed by atoms with E-state index in [4.69, 9.17) is 18.9 Å². The zero-order chi connectivity index (χ0) is 39.0. The fourth-order valence-electron chi connectivity index (χ4n) is 6.63. The van der Waals surface area contributed by atoms with Gasteiger partial charge in [0.15, 0.2) is 12.0 Å². The molecule has 5 rings (SSSR count). The molecule has 8 atom stereocenters. The Bertz CT molecular complexity index is 1910. The Morgan fingerprint density at radius 3 is 2.27 bits per heavy atom. The lowest BCUT2D eigenvalue weighted by Gasteiger charge is -2.37. The summed E-state index contributed by atoms with van der Waals surface area (Å²) in [5.41, 5.74) is -1.17. The van der Waals surface area contributed by atoms with E-state index in [1.54, 1.807) is 20.8 Å². The van der Waals surface area contributed by atoms with E-state index in [0.717, 1.165) is 6.26 Å². The van der Waals surface area contributed by atoms with Crippen molar-refractivity contribution < 1.29 is 63.7 Å². The molecule has 0 spiro atoms. The molecular weight excluding hydrogens is 678 g/mol. The minimum absolute atomic E-state index is 0.0125. The standard InChI is InChI=1S/C38H45NO13/c1-16-11-10-12-17(2)37(48)39-28-23(15-40)32(45)25-26(33(28)46)31(44)21(6)35-27(25)36(47)38(8,52-35)50-14-13-24(49-9)18(3)34(51-22(7)41)20(5)30(43)19(4)29(16)42/h10-15,18-20,24,29-30,34,42-46H,1H2,2-9H3,(H,39,48)/t18-,19+,20+,24-,29-,30+,34-,38+/m0/s1. The van der Waals surface area contributed by atoms with Gasteiger partial charge in [0.25, 0.3) is 11.7 Å². The number of aldehydes is 1. The first kappa shape index (κ1) is 39.6. The smallest absolute Gasteiger partial charge is 0.312 e. The van der Waals surface area contributed by atoms with Crippen molar-refractivity contribution >= 4 is 40.4 Å². The van der Waals surface area contributed by atoms with Gasteiger partial charge < -0.3 is 49.8 Å². The molecule has 0 aromatic heterocycles. The summed E-state index contributed by atoms with van der Waals surface area (Å²) >= 11 is 0. The van der Waals surface area contributed by atoms with Crippen molar-refractivity contribution in [3.63, 3.8) is 0 Å². The predicted molar refractivity (Wildman–Crippen MR) is 189 cm³/mol. The van der Waals surface area contributed by atoms with Crippen molar-refractivity contribution in [3.05, 3.63) is 65.0 Å². The monoisotopic (exact) mass is 723 g/mol. The molecule has 14 heteroatoms. The Balaban J connectivity index is 1.93. The maximum absolute atomic E-state index is 14.0. The SMILES string of the molecule is C=C1C=CC=C(C)C(=O)Nc2c(C=O)c(O)c3c4c(c(C)c(O)c3c2O)O[C@@](C)(OC=C[C@H](OC)[C@H](C)[C@H](OC(C)=O)[C@H](C)[C@H](O)[C@H](C)[C@H]1O)C4=O. The van der Waals surface area contributed by atoms with Crippen LogP contribution < -0.4 is 10.1 Å². The third kappa shape index (κ3) is 7.01. The van der Waals surface area contributed by atoms with Gasteiger partial charge in [0.1, 0.15) is 23.4 Å². The van der Waals surface area contributed by atoms with Crippen molar-refractivity contribution in [1.82, 2.24) is 0 Å². The summed E-state index contributed by atoms with van der Waals surface area (Å²) in [4.78, 5) is 51.8. The molecule has 2 aromatic rings. The number of Topliss-reactive ketones (excluding diaryl/α,β-unsaturated/α-hetero) is 1. The molecule has 0 saturated carbocycles. The van der Waals surface area contributed by atoms with Gasteiger partial charge in [-0.15, -0.1) is 0 Å². The molecule has 1 amide bonds. The first-order chi connectivity index (χ1) is 24.3. The zero-order valence-corrected chi connectivity index (χ0v) is 30.2. The number of ether oxygens (including phenoxy) is 4. The van der Waals surface area contributed by atoms with Crippen LogP contribution in [0.3, 0.4) is 0 Å². The zero-order valence-electron chi connectivity index (χ0n) is 30.2. The van der Waals surface area contributed by atoms with Crippen LogP contribution in [0.1, 0.15) is 67.8 Å². The van der Waals surface area contributed by atoms with Gasteiger partial charge in [0.2, 0.25) is 0 Å². The molecule has 2 aromatic carbocycles. The average Bonchev–Trinajstić information content (AvgIpc) is 3.36. The number of aliphatic hydroxyl groups excluding tert-OH is 2. The number of carbonyl (C=O) groups is 4. The number of methoxy groups -OCH3 is 1. The van der Waals surface area contributed by atoms with Gasteiger partial charge in [0, 0.05) is 55.2 Å². The van der Waals surface area contributed by atoms with Gasteiger partial charge in [-0.25, -0.2) is 0 Å². The third-order valence-electron chi connectivity index (χ3n) is 9.85. The molecule has 0 radical (unpaired) electrons. The number of benzene rings is 2. The van der Waals surface area contributed by atoms with E-state index in [-0.39, 0.29) is 34.3 Å². The van der Waals surface area contributed by atoms with Crippen LogP contribution in [0.2, 0.25) is 0 Å². The highest BCUT2D eigenvalue weighted by Gasteiger charge is 2.50. The van der Waals surface area contributed by atoms with Crippen LogP contribution >= 0.6 is 0 Å². The topological polar surface area (TPSA) is 218 Å². The van der Waals surface area contributed by atoms with Gasteiger partial charge >= 0.3 is 11.8 Å². The summed E-state index contributed by atoms with van der Waals surface area (Å²) in [6, 6.07) is 0. The quantitative estimate of drug-likeness (QED) is 0.112. The number of carbonyl (C=O) groups excluding carboxylic acids is 4. The fraction of sp³-hybridized carbons (Fsp3) is 0.421. The fourth-order valence-corrected chi connectivity index (χ4v) is 6.63. The second kappa shape index (κ2) is 15.2. The van der Waals surface area contributed by atoms with Crippen molar-refractivity contribution in [2.45, 2.75) is 78.7 Å². The number of aliphatic hydroxyl groups is 2. The molecule has 14 nitrogen and oxygen atoms in total. The molecule has 3 aliphatic rings. The number of phenolic OH excluding ortho intramolecular Hbond substituents is 3. The highest BCUT2D eigenvalue weighted by molar-refractivity contribution is 6.23. The lowest BCUT2D eigenvalue weighted by Crippen LogP contribution is -2.46. The molecule has 0 saturated heterocycles. The number of hydrogen-bond acceptors (Lipinski definition) is 13. The molecule has 0 aliphatic carbocycles. The number of aromatic hydroxyl groups is 3. The highest BCUT2D eigenvalue weighted by Crippen LogP contribution is 2.55. The highest BCUT2D eigenvalue weighted by atomic mass is 16.7. The van der Waals surface area contributed by atoms with Gasteiger partial charge in [-0.2, -0.15) is 0 Å². The summed E-state index contributed by atoms with van der Waals surface area (Å²) in [5, 5.41) is 58.0. The number of esters is 1. The van der Waals surface area contributed by atoms with E-state index >= 15 is 0 Å². The second-order valence-electron chi connectivity index (χ2n) is 13.4. The molecular formula is C38H45NO13. The molecule has 3 aliphatic heterocycles. The van der Waals surface area contributed by atoms with Crippen LogP contribution in [-0.2, 0) is 23.8 Å². The van der Waals surface area contributed by atoms with Crippen molar-refractivity contribution in [3.8, 4) is 23.0 Å². The number of ketones is 1. The molecule has 52 heavy (non-hydrogen) atoms. The summed E-state index contributed by atoms with van der Waals surface area (Å²) in [5.74, 6) is -8.94. The lowest BCUT2D eigenvalue weighted by molar-refractivity contribution is -0.160. The Hall–Kier alpha value is -5.18. The van der Waals surface area contributed by atoms with E-state index in [1.165, 1.54) is 59.1 Å². The number of hydrogen-bond donors (Lipinski definition) is 6. The van der Waals surface area contributed by atoms with Crippen molar-refractivity contribution in [1.29, 1.82) is 0 Å². The lowest BCUT2D eigenvalue weighted by atomic mass is 9.79. The third-order valence-corrected chi connectivity index (χ3v) is 9.85. The molecule has 0 fully saturated rings. The number of amides is 1. The minimum Gasteiger partial charge on any atom is -0.507 e. The van der Waals surface area contributed by atoms with Gasteiger partial charge in [-0.3, -0.25) is 19.2 Å². The second-order valence-corrected chi connectivity index (χ2v) is 13.4. The Labute approximate surface area is 300 Å². The van der Waals surface area contributed by atoms with E-state index in [1.807, 2.05) is 0 Å². The van der Waals surface area contributed by atoms with E-state index in [2.05, 4.69) is 11.9 Å². The van der Waals surface area contributed by atoms with Crippen LogP contribution in [-0.4, -0.2) is 86.8 Å².